The van der Waals surface area contributed by atoms with Crippen LogP contribution in [-0.4, -0.2) is 43.3 Å². The number of hydrogen-bond donors (Lipinski definition) is 1. The van der Waals surface area contributed by atoms with Crippen molar-refractivity contribution < 1.29 is 9.84 Å². The number of aliphatic hydroxyl groups excluding tert-OH is 1. The largest absolute Gasteiger partial charge is 0.495 e. The number of nitrogens with zero attached hydrogens (tertiary/aromatic N) is 2. The maximum atomic E-state index is 9.10. The van der Waals surface area contributed by atoms with Crippen molar-refractivity contribution in [2.75, 3.05) is 38.2 Å². The van der Waals surface area contributed by atoms with Crippen LogP contribution in [-0.2, 0) is 13.2 Å². The summed E-state index contributed by atoms with van der Waals surface area (Å²) in [7, 11) is 1.73. The molecule has 0 atom stereocenters. The highest BCUT2D eigenvalue weighted by Crippen LogP contribution is 2.28. The van der Waals surface area contributed by atoms with Gasteiger partial charge in [-0.3, -0.25) is 4.90 Å². The Bertz CT molecular complexity index is 620. The van der Waals surface area contributed by atoms with Gasteiger partial charge in [0.25, 0.3) is 0 Å². The highest BCUT2D eigenvalue weighted by atomic mass is 16.5. The highest BCUT2D eigenvalue weighted by molar-refractivity contribution is 5.58. The standard InChI is InChI=1S/C19H24N2O2/c1-23-19-5-3-2-4-18(19)21-12-10-20(11-13-21)14-16-6-8-17(15-22)9-7-16/h2-9,22H,10-15H2,1H3. The Morgan fingerprint density at radius 3 is 2.22 bits per heavy atom. The smallest absolute Gasteiger partial charge is 0.142 e. The van der Waals surface area contributed by atoms with Crippen LogP contribution >= 0.6 is 0 Å². The minimum Gasteiger partial charge on any atom is -0.495 e. The van der Waals surface area contributed by atoms with Crippen molar-refractivity contribution in [1.29, 1.82) is 0 Å². The Balaban J connectivity index is 1.57. The molecule has 1 N–H and O–H groups in total. The second-order valence-corrected chi connectivity index (χ2v) is 5.91. The molecular formula is C19H24N2O2. The van der Waals surface area contributed by atoms with Crippen LogP contribution in [0, 0.1) is 0 Å². The van der Waals surface area contributed by atoms with Gasteiger partial charge in [-0.15, -0.1) is 0 Å². The SMILES string of the molecule is COc1ccccc1N1CCN(Cc2ccc(CO)cc2)CC1. The van der Waals surface area contributed by atoms with Gasteiger partial charge in [-0.2, -0.15) is 0 Å². The Labute approximate surface area is 137 Å². The van der Waals surface area contributed by atoms with Crippen molar-refractivity contribution in [3.05, 3.63) is 59.7 Å². The molecule has 4 heteroatoms. The maximum Gasteiger partial charge on any atom is 0.142 e. The molecule has 23 heavy (non-hydrogen) atoms. The summed E-state index contributed by atoms with van der Waals surface area (Å²) in [6.07, 6.45) is 0. The minimum absolute atomic E-state index is 0.109. The second-order valence-electron chi connectivity index (χ2n) is 5.91. The van der Waals surface area contributed by atoms with E-state index in [2.05, 4.69) is 34.1 Å². The number of rotatable bonds is 5. The van der Waals surface area contributed by atoms with E-state index < -0.39 is 0 Å². The van der Waals surface area contributed by atoms with E-state index in [4.69, 9.17) is 9.84 Å². The van der Waals surface area contributed by atoms with Crippen molar-refractivity contribution in [2.45, 2.75) is 13.2 Å². The normalized spacial score (nSPS) is 15.7. The van der Waals surface area contributed by atoms with Gasteiger partial charge in [-0.25, -0.2) is 0 Å². The van der Waals surface area contributed by atoms with E-state index in [0.29, 0.717) is 0 Å². The average molecular weight is 312 g/mol. The maximum absolute atomic E-state index is 9.10. The zero-order valence-corrected chi connectivity index (χ0v) is 13.6. The fraction of sp³-hybridized carbons (Fsp3) is 0.368. The van der Waals surface area contributed by atoms with Gasteiger partial charge in [0.1, 0.15) is 5.75 Å². The van der Waals surface area contributed by atoms with Crippen LogP contribution < -0.4 is 9.64 Å². The van der Waals surface area contributed by atoms with Gasteiger partial charge in [-0.05, 0) is 23.3 Å². The summed E-state index contributed by atoms with van der Waals surface area (Å²) < 4.78 is 5.47. The van der Waals surface area contributed by atoms with E-state index in [1.54, 1.807) is 7.11 Å². The summed E-state index contributed by atoms with van der Waals surface area (Å²) in [5.41, 5.74) is 3.45. The first-order valence-electron chi connectivity index (χ1n) is 8.09. The van der Waals surface area contributed by atoms with Gasteiger partial charge in [0.15, 0.2) is 0 Å². The number of piperazine rings is 1. The molecule has 1 saturated heterocycles. The molecule has 0 radical (unpaired) electrons. The predicted molar refractivity (Wildman–Crippen MR) is 92.8 cm³/mol. The first kappa shape index (κ1) is 15.8. The van der Waals surface area contributed by atoms with Crippen LogP contribution in [0.1, 0.15) is 11.1 Å². The minimum atomic E-state index is 0.109. The van der Waals surface area contributed by atoms with Crippen molar-refractivity contribution >= 4 is 5.69 Å². The number of anilines is 1. The molecule has 0 unspecified atom stereocenters. The molecule has 4 nitrogen and oxygen atoms in total. The van der Waals surface area contributed by atoms with E-state index in [9.17, 15) is 0 Å². The van der Waals surface area contributed by atoms with Gasteiger partial charge < -0.3 is 14.7 Å². The number of benzene rings is 2. The average Bonchev–Trinajstić information content (AvgIpc) is 2.63. The number of aliphatic hydroxyl groups is 1. The van der Waals surface area contributed by atoms with E-state index in [0.717, 1.165) is 44.0 Å². The lowest BCUT2D eigenvalue weighted by molar-refractivity contribution is 0.249. The van der Waals surface area contributed by atoms with Crippen molar-refractivity contribution in [1.82, 2.24) is 4.90 Å². The number of methoxy groups -OCH3 is 1. The van der Waals surface area contributed by atoms with E-state index in [-0.39, 0.29) is 6.61 Å². The van der Waals surface area contributed by atoms with Crippen LogP contribution in [0.4, 0.5) is 5.69 Å². The fourth-order valence-electron chi connectivity index (χ4n) is 3.05. The van der Waals surface area contributed by atoms with Gasteiger partial charge >= 0.3 is 0 Å². The first-order chi connectivity index (χ1) is 11.3. The Kier molecular flexibility index (Phi) is 5.16. The summed E-state index contributed by atoms with van der Waals surface area (Å²) in [6, 6.07) is 16.4. The Morgan fingerprint density at radius 2 is 1.57 bits per heavy atom. The van der Waals surface area contributed by atoms with Crippen LogP contribution in [0.5, 0.6) is 5.75 Å². The molecule has 0 bridgehead atoms. The lowest BCUT2D eigenvalue weighted by Crippen LogP contribution is -2.46. The molecule has 0 amide bonds. The van der Waals surface area contributed by atoms with Gasteiger partial charge in [0, 0.05) is 32.7 Å². The molecule has 3 rings (SSSR count). The number of ether oxygens (including phenoxy) is 1. The third-order valence-corrected chi connectivity index (χ3v) is 4.41. The summed E-state index contributed by atoms with van der Waals surface area (Å²) >= 11 is 0. The van der Waals surface area contributed by atoms with E-state index >= 15 is 0 Å². The van der Waals surface area contributed by atoms with Crippen LogP contribution in [0.3, 0.4) is 0 Å². The molecular weight excluding hydrogens is 288 g/mol. The van der Waals surface area contributed by atoms with Gasteiger partial charge in [0.2, 0.25) is 0 Å². The molecule has 2 aromatic rings. The van der Waals surface area contributed by atoms with Crippen LogP contribution in [0.2, 0.25) is 0 Å². The summed E-state index contributed by atoms with van der Waals surface area (Å²) in [4.78, 5) is 4.87. The first-order valence-corrected chi connectivity index (χ1v) is 8.09. The quantitative estimate of drug-likeness (QED) is 0.920. The van der Waals surface area contributed by atoms with Crippen LogP contribution in [0.15, 0.2) is 48.5 Å². The molecule has 0 saturated carbocycles. The molecule has 1 aliphatic rings. The molecule has 1 fully saturated rings. The zero-order chi connectivity index (χ0) is 16.1. The molecule has 122 valence electrons. The van der Waals surface area contributed by atoms with Gasteiger partial charge in [-0.1, -0.05) is 36.4 Å². The number of hydrogen-bond acceptors (Lipinski definition) is 4. The Morgan fingerprint density at radius 1 is 0.913 bits per heavy atom. The fourth-order valence-corrected chi connectivity index (χ4v) is 3.05. The van der Waals surface area contributed by atoms with Gasteiger partial charge in [0.05, 0.1) is 19.4 Å². The Hall–Kier alpha value is -2.04. The molecule has 1 heterocycles. The highest BCUT2D eigenvalue weighted by Gasteiger charge is 2.19. The second kappa shape index (κ2) is 7.49. The van der Waals surface area contributed by atoms with Crippen molar-refractivity contribution in [2.24, 2.45) is 0 Å². The summed E-state index contributed by atoms with van der Waals surface area (Å²) in [6.45, 7) is 5.17. The van der Waals surface area contributed by atoms with Crippen molar-refractivity contribution in [3.8, 4) is 5.75 Å². The number of para-hydroxylation sites is 2. The third kappa shape index (κ3) is 3.84. The van der Waals surface area contributed by atoms with Crippen molar-refractivity contribution in [3.63, 3.8) is 0 Å². The van der Waals surface area contributed by atoms with E-state index in [1.165, 1.54) is 11.3 Å². The third-order valence-electron chi connectivity index (χ3n) is 4.41. The lowest BCUT2D eigenvalue weighted by atomic mass is 10.1. The lowest BCUT2D eigenvalue weighted by Gasteiger charge is -2.36. The van der Waals surface area contributed by atoms with E-state index in [1.807, 2.05) is 24.3 Å². The molecule has 0 spiro atoms. The molecule has 1 aliphatic heterocycles. The molecule has 2 aromatic carbocycles. The van der Waals surface area contributed by atoms with Crippen LogP contribution in [0.25, 0.3) is 0 Å². The summed E-state index contributed by atoms with van der Waals surface area (Å²) in [5, 5.41) is 9.10. The molecule has 0 aromatic heterocycles. The monoisotopic (exact) mass is 312 g/mol. The zero-order valence-electron chi connectivity index (χ0n) is 13.6. The molecule has 0 aliphatic carbocycles. The summed E-state index contributed by atoms with van der Waals surface area (Å²) in [5.74, 6) is 0.945. The predicted octanol–water partition coefficient (Wildman–Crippen LogP) is 2.51. The topological polar surface area (TPSA) is 35.9 Å².